The highest BCUT2D eigenvalue weighted by Gasteiger charge is 2.07. The van der Waals surface area contributed by atoms with E-state index in [1.165, 1.54) is 18.1 Å². The van der Waals surface area contributed by atoms with Crippen LogP contribution in [0.5, 0.6) is 0 Å². The summed E-state index contributed by atoms with van der Waals surface area (Å²) in [5, 5.41) is 8.21. The number of pyridine rings is 1. The zero-order valence-electron chi connectivity index (χ0n) is 8.29. The predicted octanol–water partition coefficient (Wildman–Crippen LogP) is 1.31. The largest absolute Gasteiger partial charge is 0.382 e. The molecule has 0 radical (unpaired) electrons. The van der Waals surface area contributed by atoms with Crippen LogP contribution in [-0.2, 0) is 0 Å². The molecule has 0 fully saturated rings. The van der Waals surface area contributed by atoms with E-state index in [0.29, 0.717) is 5.69 Å². The number of hydrogen-bond donors (Lipinski definition) is 2. The molecule has 2 rings (SSSR count). The molecule has 2 heterocycles. The summed E-state index contributed by atoms with van der Waals surface area (Å²) in [4.78, 5) is 12.8. The van der Waals surface area contributed by atoms with Crippen molar-refractivity contribution in [1.29, 1.82) is 5.41 Å². The van der Waals surface area contributed by atoms with E-state index in [0.717, 1.165) is 9.92 Å². The number of nitrogens with zero attached hydrogens (tertiary/aromatic N) is 3. The second kappa shape index (κ2) is 4.71. The SMILES string of the molecule is N=C(N)c1ncccc1Sc1ccncn1. The van der Waals surface area contributed by atoms with Gasteiger partial charge in [0.1, 0.15) is 22.9 Å². The Bertz CT molecular complexity index is 500. The molecular weight excluding hydrogens is 222 g/mol. The maximum atomic E-state index is 7.41. The molecule has 0 saturated heterocycles. The smallest absolute Gasteiger partial charge is 0.142 e. The van der Waals surface area contributed by atoms with Crippen molar-refractivity contribution >= 4 is 17.6 Å². The first-order valence-corrected chi connectivity index (χ1v) is 5.32. The van der Waals surface area contributed by atoms with Crippen LogP contribution in [0.25, 0.3) is 0 Å². The molecule has 16 heavy (non-hydrogen) atoms. The number of hydrogen-bond acceptors (Lipinski definition) is 5. The molecule has 0 aliphatic carbocycles. The van der Waals surface area contributed by atoms with Crippen molar-refractivity contribution in [3.05, 3.63) is 42.6 Å². The molecule has 2 aromatic rings. The molecule has 3 N–H and O–H groups in total. The Morgan fingerprint density at radius 3 is 2.81 bits per heavy atom. The van der Waals surface area contributed by atoms with E-state index in [9.17, 15) is 0 Å². The lowest BCUT2D eigenvalue weighted by Crippen LogP contribution is -2.14. The third-order valence-electron chi connectivity index (χ3n) is 1.80. The van der Waals surface area contributed by atoms with Gasteiger partial charge in [0, 0.05) is 17.3 Å². The Kier molecular flexibility index (Phi) is 3.11. The molecule has 0 aliphatic rings. The van der Waals surface area contributed by atoms with Gasteiger partial charge in [-0.2, -0.15) is 0 Å². The van der Waals surface area contributed by atoms with E-state index in [1.54, 1.807) is 24.5 Å². The standard InChI is InChI=1S/C10H9N5S/c11-10(12)9-7(2-1-4-14-9)16-8-3-5-13-6-15-8/h1-6H,(H3,11,12). The predicted molar refractivity (Wildman–Crippen MR) is 61.4 cm³/mol. The molecule has 6 heteroatoms. The van der Waals surface area contributed by atoms with Crippen LogP contribution in [0, 0.1) is 5.41 Å². The lowest BCUT2D eigenvalue weighted by atomic mass is 10.3. The first-order chi connectivity index (χ1) is 7.77. The minimum absolute atomic E-state index is 0.0443. The summed E-state index contributed by atoms with van der Waals surface area (Å²) in [6.07, 6.45) is 4.76. The van der Waals surface area contributed by atoms with Gasteiger partial charge in [0.25, 0.3) is 0 Å². The van der Waals surface area contributed by atoms with E-state index in [2.05, 4.69) is 15.0 Å². The van der Waals surface area contributed by atoms with Crippen LogP contribution in [0.2, 0.25) is 0 Å². The lowest BCUT2D eigenvalue weighted by Gasteiger charge is -2.05. The molecular formula is C10H9N5S. The summed E-state index contributed by atoms with van der Waals surface area (Å²) in [6, 6.07) is 5.45. The fourth-order valence-corrected chi connectivity index (χ4v) is 1.99. The van der Waals surface area contributed by atoms with Crippen molar-refractivity contribution in [3.63, 3.8) is 0 Å². The highest BCUT2D eigenvalue weighted by molar-refractivity contribution is 7.99. The average molecular weight is 231 g/mol. The summed E-state index contributed by atoms with van der Waals surface area (Å²) in [6.45, 7) is 0. The zero-order valence-corrected chi connectivity index (χ0v) is 9.11. The van der Waals surface area contributed by atoms with Gasteiger partial charge in [-0.1, -0.05) is 11.8 Å². The summed E-state index contributed by atoms with van der Waals surface area (Å²) in [5.41, 5.74) is 5.92. The van der Waals surface area contributed by atoms with Gasteiger partial charge < -0.3 is 5.73 Å². The van der Waals surface area contributed by atoms with E-state index in [1.807, 2.05) is 6.07 Å². The van der Waals surface area contributed by atoms with Crippen molar-refractivity contribution in [2.75, 3.05) is 0 Å². The Morgan fingerprint density at radius 2 is 2.12 bits per heavy atom. The lowest BCUT2D eigenvalue weighted by molar-refractivity contribution is 1.04. The zero-order chi connectivity index (χ0) is 11.4. The maximum absolute atomic E-state index is 7.41. The fourth-order valence-electron chi connectivity index (χ4n) is 1.13. The Morgan fingerprint density at radius 1 is 1.25 bits per heavy atom. The molecule has 0 spiro atoms. The molecule has 2 aromatic heterocycles. The van der Waals surface area contributed by atoms with E-state index >= 15 is 0 Å². The Labute approximate surface area is 96.7 Å². The number of rotatable bonds is 3. The summed E-state index contributed by atoms with van der Waals surface area (Å²) in [7, 11) is 0. The van der Waals surface area contributed by atoms with Crippen molar-refractivity contribution < 1.29 is 0 Å². The summed E-state index contributed by atoms with van der Waals surface area (Å²) >= 11 is 1.41. The minimum atomic E-state index is -0.0443. The highest BCUT2D eigenvalue weighted by atomic mass is 32.2. The summed E-state index contributed by atoms with van der Waals surface area (Å²) < 4.78 is 0. The quantitative estimate of drug-likeness (QED) is 0.472. The van der Waals surface area contributed by atoms with Gasteiger partial charge >= 0.3 is 0 Å². The maximum Gasteiger partial charge on any atom is 0.142 e. The third-order valence-corrected chi connectivity index (χ3v) is 2.80. The van der Waals surface area contributed by atoms with Crippen LogP contribution in [-0.4, -0.2) is 20.8 Å². The number of nitrogens with one attached hydrogen (secondary N) is 1. The first kappa shape index (κ1) is 10.6. The highest BCUT2D eigenvalue weighted by Crippen LogP contribution is 2.26. The topological polar surface area (TPSA) is 88.5 Å². The third kappa shape index (κ3) is 2.34. The second-order valence-electron chi connectivity index (χ2n) is 2.91. The van der Waals surface area contributed by atoms with Crippen LogP contribution in [0.4, 0.5) is 0 Å². The van der Waals surface area contributed by atoms with Crippen molar-refractivity contribution in [1.82, 2.24) is 15.0 Å². The van der Waals surface area contributed by atoms with Gasteiger partial charge in [0.15, 0.2) is 0 Å². The molecule has 80 valence electrons. The summed E-state index contributed by atoms with van der Waals surface area (Å²) in [5.74, 6) is -0.0443. The van der Waals surface area contributed by atoms with Crippen molar-refractivity contribution in [2.24, 2.45) is 5.73 Å². The molecule has 0 bridgehead atoms. The average Bonchev–Trinajstić information content (AvgIpc) is 2.31. The monoisotopic (exact) mass is 231 g/mol. The van der Waals surface area contributed by atoms with E-state index in [-0.39, 0.29) is 5.84 Å². The number of nitrogens with two attached hydrogens (primary N) is 1. The first-order valence-electron chi connectivity index (χ1n) is 4.50. The normalized spacial score (nSPS) is 10.0. The second-order valence-corrected chi connectivity index (χ2v) is 3.98. The molecule has 0 aromatic carbocycles. The molecule has 0 amide bonds. The van der Waals surface area contributed by atoms with Crippen molar-refractivity contribution in [2.45, 2.75) is 9.92 Å². The van der Waals surface area contributed by atoms with Crippen LogP contribution >= 0.6 is 11.8 Å². The number of amidine groups is 1. The van der Waals surface area contributed by atoms with Crippen LogP contribution in [0.3, 0.4) is 0 Å². The Hall–Kier alpha value is -1.95. The fraction of sp³-hybridized carbons (Fsp3) is 0. The van der Waals surface area contributed by atoms with Gasteiger partial charge in [-0.3, -0.25) is 10.4 Å². The number of nitrogen functional groups attached to an aromatic ring is 1. The Balaban J connectivity index is 2.31. The number of aromatic nitrogens is 3. The van der Waals surface area contributed by atoms with E-state index < -0.39 is 0 Å². The van der Waals surface area contributed by atoms with Crippen LogP contribution in [0.15, 0.2) is 46.8 Å². The van der Waals surface area contributed by atoms with Gasteiger partial charge in [-0.05, 0) is 18.2 Å². The van der Waals surface area contributed by atoms with Crippen molar-refractivity contribution in [3.8, 4) is 0 Å². The van der Waals surface area contributed by atoms with E-state index in [4.69, 9.17) is 11.1 Å². The minimum Gasteiger partial charge on any atom is -0.382 e. The van der Waals surface area contributed by atoms with Gasteiger partial charge in [-0.15, -0.1) is 0 Å². The molecule has 0 aliphatic heterocycles. The molecule has 0 atom stereocenters. The molecule has 0 unspecified atom stereocenters. The van der Waals surface area contributed by atoms with Crippen LogP contribution < -0.4 is 5.73 Å². The molecule has 0 saturated carbocycles. The molecule has 5 nitrogen and oxygen atoms in total. The van der Waals surface area contributed by atoms with Crippen LogP contribution in [0.1, 0.15) is 5.69 Å². The van der Waals surface area contributed by atoms with Gasteiger partial charge in [-0.25, -0.2) is 9.97 Å². The van der Waals surface area contributed by atoms with Gasteiger partial charge in [0.2, 0.25) is 0 Å². The van der Waals surface area contributed by atoms with Gasteiger partial charge in [0.05, 0.1) is 0 Å².